The highest BCUT2D eigenvalue weighted by molar-refractivity contribution is 5.96. The SMILES string of the molecule is CCc1cc(Nc2nccn3c(-c4ccc(OC)c(F)c4F)cnc23)ccc1C(=O)NC(CC)CC[NH+](C)CC1CNC1. The molecule has 228 valence electrons. The fourth-order valence-corrected chi connectivity index (χ4v) is 5.57. The fraction of sp³-hybridized carbons (Fsp3) is 0.406. The number of imidazole rings is 1. The van der Waals surface area contributed by atoms with Crippen LogP contribution in [0.2, 0.25) is 0 Å². The Balaban J connectivity index is 1.30. The van der Waals surface area contributed by atoms with Gasteiger partial charge in [-0.15, -0.1) is 0 Å². The first-order valence-electron chi connectivity index (χ1n) is 14.9. The number of amides is 1. The highest BCUT2D eigenvalue weighted by atomic mass is 19.2. The Hall–Kier alpha value is -4.09. The van der Waals surface area contributed by atoms with Crippen molar-refractivity contribution in [2.45, 2.75) is 39.2 Å². The number of ether oxygens (including phenoxy) is 1. The van der Waals surface area contributed by atoms with E-state index in [1.54, 1.807) is 16.8 Å². The molecule has 5 rings (SSSR count). The van der Waals surface area contributed by atoms with Gasteiger partial charge in [0.1, 0.15) is 0 Å². The predicted octanol–water partition coefficient (Wildman–Crippen LogP) is 3.62. The number of quaternary nitrogens is 1. The predicted molar refractivity (Wildman–Crippen MR) is 163 cm³/mol. The average Bonchev–Trinajstić information content (AvgIpc) is 3.43. The highest BCUT2D eigenvalue weighted by Crippen LogP contribution is 2.31. The molecule has 2 aromatic heterocycles. The molecule has 3 heterocycles. The number of nitrogens with one attached hydrogen (secondary N) is 4. The fourth-order valence-electron chi connectivity index (χ4n) is 5.57. The minimum atomic E-state index is -1.06. The Kier molecular flexibility index (Phi) is 9.52. The van der Waals surface area contributed by atoms with Crippen LogP contribution >= 0.6 is 0 Å². The van der Waals surface area contributed by atoms with Gasteiger partial charge in [-0.25, -0.2) is 14.4 Å². The Bertz CT molecular complexity index is 1590. The average molecular weight is 593 g/mol. The molecule has 1 aliphatic rings. The van der Waals surface area contributed by atoms with Crippen LogP contribution in [-0.2, 0) is 6.42 Å². The van der Waals surface area contributed by atoms with Gasteiger partial charge >= 0.3 is 0 Å². The number of aryl methyl sites for hydroxylation is 1. The molecule has 1 aliphatic heterocycles. The Morgan fingerprint density at radius 1 is 1.19 bits per heavy atom. The number of hydrogen-bond acceptors (Lipinski definition) is 6. The number of rotatable bonds is 13. The molecule has 0 bridgehead atoms. The van der Waals surface area contributed by atoms with Gasteiger partial charge in [0.2, 0.25) is 5.82 Å². The van der Waals surface area contributed by atoms with Crippen molar-refractivity contribution in [3.8, 4) is 17.0 Å². The van der Waals surface area contributed by atoms with Gasteiger partial charge in [-0.05, 0) is 48.7 Å². The summed E-state index contributed by atoms with van der Waals surface area (Å²) in [5.41, 5.74) is 3.17. The van der Waals surface area contributed by atoms with Crippen LogP contribution < -0.4 is 25.6 Å². The Morgan fingerprint density at radius 3 is 2.70 bits per heavy atom. The van der Waals surface area contributed by atoms with Gasteiger partial charge in [0.05, 0.1) is 39.1 Å². The molecule has 0 radical (unpaired) electrons. The number of carbonyl (C=O) groups is 1. The molecular weight excluding hydrogens is 552 g/mol. The second-order valence-electron chi connectivity index (χ2n) is 11.2. The summed E-state index contributed by atoms with van der Waals surface area (Å²) in [6.07, 6.45) is 7.16. The summed E-state index contributed by atoms with van der Waals surface area (Å²) in [6.45, 7) is 8.52. The zero-order valence-corrected chi connectivity index (χ0v) is 25.1. The van der Waals surface area contributed by atoms with E-state index >= 15 is 0 Å². The van der Waals surface area contributed by atoms with Crippen molar-refractivity contribution < 1.29 is 23.2 Å². The van der Waals surface area contributed by atoms with Crippen LogP contribution in [-0.4, -0.2) is 66.7 Å². The van der Waals surface area contributed by atoms with Crippen LogP contribution in [0.4, 0.5) is 20.3 Å². The maximum absolute atomic E-state index is 14.9. The zero-order valence-electron chi connectivity index (χ0n) is 25.1. The minimum absolute atomic E-state index is 0.0562. The molecule has 0 aliphatic carbocycles. The third-order valence-electron chi connectivity index (χ3n) is 8.22. The lowest BCUT2D eigenvalue weighted by molar-refractivity contribution is -0.883. The number of aromatic nitrogens is 3. The standard InChI is InChI=1S/C32H39F2N7O2/c1-5-21-15-23(7-8-24(21)32(42)39-22(6-2)11-13-40(3)19-20-16-35-17-20)38-30-31-37-18-26(41(31)14-12-36-30)25-9-10-27(43-4)29(34)28(25)33/h7-10,12,14-15,18,20,22,35H,5-6,11,13,16-17,19H2,1-4H3,(H,36,38)(H,39,42)/p+1. The molecule has 9 nitrogen and oxygen atoms in total. The van der Waals surface area contributed by atoms with Gasteiger partial charge in [-0.3, -0.25) is 9.20 Å². The summed E-state index contributed by atoms with van der Waals surface area (Å²) < 4.78 is 35.8. The van der Waals surface area contributed by atoms with Gasteiger partial charge in [0, 0.05) is 60.7 Å². The van der Waals surface area contributed by atoms with Gasteiger partial charge in [0.25, 0.3) is 5.91 Å². The molecule has 43 heavy (non-hydrogen) atoms. The summed E-state index contributed by atoms with van der Waals surface area (Å²) in [4.78, 5) is 23.7. The Labute approximate surface area is 250 Å². The van der Waals surface area contributed by atoms with E-state index in [4.69, 9.17) is 4.74 Å². The molecule has 4 aromatic rings. The van der Waals surface area contributed by atoms with Crippen LogP contribution in [0.15, 0.2) is 48.9 Å². The summed E-state index contributed by atoms with van der Waals surface area (Å²) in [6, 6.07) is 8.57. The van der Waals surface area contributed by atoms with Crippen molar-refractivity contribution in [3.63, 3.8) is 0 Å². The second-order valence-corrected chi connectivity index (χ2v) is 11.2. The number of anilines is 2. The molecule has 2 unspecified atom stereocenters. The summed E-state index contributed by atoms with van der Waals surface area (Å²) in [7, 11) is 3.52. The largest absolute Gasteiger partial charge is 0.494 e. The number of carbonyl (C=O) groups excluding carboxylic acids is 1. The first-order chi connectivity index (χ1) is 20.8. The van der Waals surface area contributed by atoms with Crippen molar-refractivity contribution in [2.24, 2.45) is 5.92 Å². The van der Waals surface area contributed by atoms with Crippen molar-refractivity contribution in [3.05, 3.63) is 71.7 Å². The maximum Gasteiger partial charge on any atom is 0.251 e. The third kappa shape index (κ3) is 6.62. The summed E-state index contributed by atoms with van der Waals surface area (Å²) in [5.74, 6) is -1.11. The lowest BCUT2D eigenvalue weighted by atomic mass is 10.0. The number of halogens is 2. The number of nitrogens with zero attached hydrogens (tertiary/aromatic N) is 3. The normalized spacial score (nSPS) is 14.7. The first kappa shape index (κ1) is 30.4. The van der Waals surface area contributed by atoms with Gasteiger partial charge < -0.3 is 25.6 Å². The van der Waals surface area contributed by atoms with E-state index in [0.29, 0.717) is 29.1 Å². The van der Waals surface area contributed by atoms with Crippen LogP contribution in [0.1, 0.15) is 42.6 Å². The zero-order chi connectivity index (χ0) is 30.5. The molecule has 2 aromatic carbocycles. The van der Waals surface area contributed by atoms with E-state index in [-0.39, 0.29) is 23.3 Å². The minimum Gasteiger partial charge on any atom is -0.494 e. The first-order valence-corrected chi connectivity index (χ1v) is 14.9. The molecule has 11 heteroatoms. The quantitative estimate of drug-likeness (QED) is 0.190. The molecule has 2 atom stereocenters. The number of methoxy groups -OCH3 is 1. The smallest absolute Gasteiger partial charge is 0.251 e. The molecule has 1 amide bonds. The summed E-state index contributed by atoms with van der Waals surface area (Å²) >= 11 is 0. The molecule has 0 spiro atoms. The molecule has 0 saturated carbocycles. The van der Waals surface area contributed by atoms with E-state index in [9.17, 15) is 13.6 Å². The molecule has 1 fully saturated rings. The van der Waals surface area contributed by atoms with E-state index in [1.807, 2.05) is 25.1 Å². The van der Waals surface area contributed by atoms with E-state index in [0.717, 1.165) is 56.2 Å². The molecular formula is C32H40F2N7O2+. The lowest BCUT2D eigenvalue weighted by Gasteiger charge is -2.29. The van der Waals surface area contributed by atoms with Crippen LogP contribution in [0, 0.1) is 17.6 Å². The van der Waals surface area contributed by atoms with E-state index in [1.165, 1.54) is 30.3 Å². The maximum atomic E-state index is 14.9. The third-order valence-corrected chi connectivity index (χ3v) is 8.22. The topological polar surface area (TPSA) is 97.0 Å². The van der Waals surface area contributed by atoms with Gasteiger partial charge in [0.15, 0.2) is 23.0 Å². The van der Waals surface area contributed by atoms with Crippen molar-refractivity contribution in [2.75, 3.05) is 45.7 Å². The van der Waals surface area contributed by atoms with Gasteiger partial charge in [-0.2, -0.15) is 4.39 Å². The van der Waals surface area contributed by atoms with Gasteiger partial charge in [-0.1, -0.05) is 13.8 Å². The van der Waals surface area contributed by atoms with Crippen LogP contribution in [0.25, 0.3) is 16.9 Å². The van der Waals surface area contributed by atoms with Crippen molar-refractivity contribution in [1.29, 1.82) is 0 Å². The number of fused-ring (bicyclic) bond motifs is 1. The number of benzene rings is 2. The number of hydrogen-bond donors (Lipinski definition) is 4. The van der Waals surface area contributed by atoms with Crippen LogP contribution in [0.5, 0.6) is 5.75 Å². The molecule has 4 N–H and O–H groups in total. The van der Waals surface area contributed by atoms with Crippen LogP contribution in [0.3, 0.4) is 0 Å². The molecule has 1 saturated heterocycles. The lowest BCUT2D eigenvalue weighted by Crippen LogP contribution is -3.10. The monoisotopic (exact) mass is 592 g/mol. The van der Waals surface area contributed by atoms with Crippen molar-refractivity contribution >= 4 is 23.1 Å². The summed E-state index contributed by atoms with van der Waals surface area (Å²) in [5, 5.41) is 9.86. The highest BCUT2D eigenvalue weighted by Gasteiger charge is 2.23. The van der Waals surface area contributed by atoms with E-state index < -0.39 is 11.6 Å². The Morgan fingerprint density at radius 2 is 2.00 bits per heavy atom. The second kappa shape index (κ2) is 13.5. The van der Waals surface area contributed by atoms with E-state index in [2.05, 4.69) is 39.9 Å². The van der Waals surface area contributed by atoms with Crippen molar-refractivity contribution in [1.82, 2.24) is 25.0 Å².